The van der Waals surface area contributed by atoms with Crippen LogP contribution in [0.2, 0.25) is 0 Å². The number of nitrogens with one attached hydrogen (secondary N) is 1. The van der Waals surface area contributed by atoms with Gasteiger partial charge in [-0.15, -0.1) is 0 Å². The second-order valence-corrected chi connectivity index (χ2v) is 6.88. The number of halogens is 1. The van der Waals surface area contributed by atoms with Crippen LogP contribution in [0.25, 0.3) is 0 Å². The van der Waals surface area contributed by atoms with Crippen LogP contribution in [-0.2, 0) is 19.1 Å². The Morgan fingerprint density at radius 1 is 1.20 bits per heavy atom. The summed E-state index contributed by atoms with van der Waals surface area (Å²) in [5, 5.41) is 2.66. The zero-order chi connectivity index (χ0) is 21.7. The van der Waals surface area contributed by atoms with Gasteiger partial charge in [0.2, 0.25) is 5.91 Å². The van der Waals surface area contributed by atoms with Crippen molar-refractivity contribution in [3.8, 4) is 5.75 Å². The molecule has 1 N–H and O–H groups in total. The molecule has 1 saturated heterocycles. The number of esters is 1. The standard InChI is InChI=1S/C22H23FN2O5/c1-3-29-17-10-8-16(9-11-17)24-21(27)14(2)30-22(28)15-12-20(26)25(13-15)19-7-5-4-6-18(19)23/h4-11,14-15H,3,12-13H2,1-2H3,(H,24,27)/t14-,15-/m1/s1. The largest absolute Gasteiger partial charge is 0.494 e. The highest BCUT2D eigenvalue weighted by Crippen LogP contribution is 2.28. The maximum Gasteiger partial charge on any atom is 0.312 e. The monoisotopic (exact) mass is 414 g/mol. The Morgan fingerprint density at radius 2 is 1.90 bits per heavy atom. The highest BCUT2D eigenvalue weighted by atomic mass is 19.1. The van der Waals surface area contributed by atoms with Crippen LogP contribution in [0.1, 0.15) is 20.3 Å². The summed E-state index contributed by atoms with van der Waals surface area (Å²) in [5.41, 5.74) is 0.659. The molecule has 2 atom stereocenters. The summed E-state index contributed by atoms with van der Waals surface area (Å²) in [6.45, 7) is 3.87. The van der Waals surface area contributed by atoms with Gasteiger partial charge in [-0.2, -0.15) is 0 Å². The highest BCUT2D eigenvalue weighted by molar-refractivity contribution is 6.00. The minimum Gasteiger partial charge on any atom is -0.494 e. The lowest BCUT2D eigenvalue weighted by atomic mass is 10.1. The van der Waals surface area contributed by atoms with Crippen LogP contribution < -0.4 is 15.0 Å². The van der Waals surface area contributed by atoms with Crippen LogP contribution in [0.3, 0.4) is 0 Å². The molecule has 0 aliphatic carbocycles. The molecule has 158 valence electrons. The SMILES string of the molecule is CCOc1ccc(NC(=O)[C@@H](C)OC(=O)[C@@H]2CC(=O)N(c3ccccc3F)C2)cc1. The van der Waals surface area contributed by atoms with E-state index in [1.54, 1.807) is 30.3 Å². The first kappa shape index (κ1) is 21.3. The quantitative estimate of drug-likeness (QED) is 0.704. The Balaban J connectivity index is 1.55. The summed E-state index contributed by atoms with van der Waals surface area (Å²) in [7, 11) is 0. The third kappa shape index (κ3) is 4.94. The van der Waals surface area contributed by atoms with Crippen molar-refractivity contribution in [1.82, 2.24) is 0 Å². The van der Waals surface area contributed by atoms with E-state index in [0.717, 1.165) is 0 Å². The Kier molecular flexibility index (Phi) is 6.66. The third-order valence-electron chi connectivity index (χ3n) is 4.70. The second-order valence-electron chi connectivity index (χ2n) is 6.88. The summed E-state index contributed by atoms with van der Waals surface area (Å²) in [6, 6.07) is 12.7. The van der Waals surface area contributed by atoms with Gasteiger partial charge in [0.1, 0.15) is 11.6 Å². The summed E-state index contributed by atoms with van der Waals surface area (Å²) < 4.78 is 24.6. The van der Waals surface area contributed by atoms with Crippen LogP contribution in [0.5, 0.6) is 5.75 Å². The van der Waals surface area contributed by atoms with E-state index < -0.39 is 29.7 Å². The summed E-state index contributed by atoms with van der Waals surface area (Å²) >= 11 is 0. The summed E-state index contributed by atoms with van der Waals surface area (Å²) in [5.74, 6) is -2.16. The second kappa shape index (κ2) is 9.39. The molecule has 2 aromatic carbocycles. The van der Waals surface area contributed by atoms with E-state index in [0.29, 0.717) is 18.0 Å². The minimum absolute atomic E-state index is 0.00578. The molecule has 1 aliphatic heterocycles. The molecule has 1 aliphatic rings. The van der Waals surface area contributed by atoms with Crippen molar-refractivity contribution in [2.75, 3.05) is 23.4 Å². The third-order valence-corrected chi connectivity index (χ3v) is 4.70. The topological polar surface area (TPSA) is 84.9 Å². The number of rotatable bonds is 7. The van der Waals surface area contributed by atoms with Gasteiger partial charge in [0.25, 0.3) is 5.91 Å². The molecule has 0 bridgehead atoms. The van der Waals surface area contributed by atoms with Gasteiger partial charge >= 0.3 is 5.97 Å². The normalized spacial score (nSPS) is 16.8. The van der Waals surface area contributed by atoms with Crippen LogP contribution in [-0.4, -0.2) is 37.0 Å². The van der Waals surface area contributed by atoms with Crippen molar-refractivity contribution >= 4 is 29.2 Å². The van der Waals surface area contributed by atoms with E-state index >= 15 is 0 Å². The average molecular weight is 414 g/mol. The van der Waals surface area contributed by atoms with Crippen LogP contribution in [0.15, 0.2) is 48.5 Å². The lowest BCUT2D eigenvalue weighted by Gasteiger charge is -2.18. The maximum absolute atomic E-state index is 14.0. The van der Waals surface area contributed by atoms with E-state index in [1.165, 1.54) is 30.0 Å². The Labute approximate surface area is 173 Å². The molecule has 1 heterocycles. The number of para-hydroxylation sites is 1. The Morgan fingerprint density at radius 3 is 2.57 bits per heavy atom. The predicted molar refractivity (Wildman–Crippen MR) is 109 cm³/mol. The smallest absolute Gasteiger partial charge is 0.312 e. The van der Waals surface area contributed by atoms with Gasteiger partial charge in [-0.1, -0.05) is 12.1 Å². The lowest BCUT2D eigenvalue weighted by Crippen LogP contribution is -2.33. The summed E-state index contributed by atoms with van der Waals surface area (Å²) in [4.78, 5) is 38.2. The molecule has 0 saturated carbocycles. The molecule has 3 rings (SSSR count). The van der Waals surface area contributed by atoms with Crippen LogP contribution >= 0.6 is 0 Å². The first-order chi connectivity index (χ1) is 14.4. The van der Waals surface area contributed by atoms with Gasteiger partial charge < -0.3 is 19.7 Å². The number of benzene rings is 2. The van der Waals surface area contributed by atoms with Gasteiger partial charge in [0.15, 0.2) is 6.10 Å². The molecule has 0 radical (unpaired) electrons. The number of carbonyl (C=O) groups excluding carboxylic acids is 3. The molecule has 1 fully saturated rings. The number of hydrogen-bond acceptors (Lipinski definition) is 5. The molecule has 0 spiro atoms. The number of nitrogens with zero attached hydrogens (tertiary/aromatic N) is 1. The van der Waals surface area contributed by atoms with E-state index in [1.807, 2.05) is 6.92 Å². The Hall–Kier alpha value is -3.42. The van der Waals surface area contributed by atoms with E-state index in [9.17, 15) is 18.8 Å². The minimum atomic E-state index is -1.05. The fourth-order valence-corrected chi connectivity index (χ4v) is 3.14. The molecule has 2 amide bonds. The van der Waals surface area contributed by atoms with Crippen molar-refractivity contribution < 1.29 is 28.2 Å². The fourth-order valence-electron chi connectivity index (χ4n) is 3.14. The molecule has 30 heavy (non-hydrogen) atoms. The molecule has 8 heteroatoms. The maximum atomic E-state index is 14.0. The van der Waals surface area contributed by atoms with Crippen molar-refractivity contribution in [2.45, 2.75) is 26.4 Å². The predicted octanol–water partition coefficient (Wildman–Crippen LogP) is 3.15. The highest BCUT2D eigenvalue weighted by Gasteiger charge is 2.38. The van der Waals surface area contributed by atoms with Gasteiger partial charge in [0.05, 0.1) is 18.2 Å². The average Bonchev–Trinajstić information content (AvgIpc) is 3.11. The first-order valence-electron chi connectivity index (χ1n) is 9.68. The number of anilines is 2. The van der Waals surface area contributed by atoms with Crippen molar-refractivity contribution in [3.05, 3.63) is 54.3 Å². The Bertz CT molecular complexity index is 931. The first-order valence-corrected chi connectivity index (χ1v) is 9.68. The fraction of sp³-hybridized carbons (Fsp3) is 0.318. The molecule has 0 aromatic heterocycles. The van der Waals surface area contributed by atoms with Gasteiger partial charge in [-0.25, -0.2) is 4.39 Å². The number of ether oxygens (including phenoxy) is 2. The molecule has 0 unspecified atom stereocenters. The van der Waals surface area contributed by atoms with Crippen molar-refractivity contribution in [1.29, 1.82) is 0 Å². The van der Waals surface area contributed by atoms with Gasteiger partial charge in [-0.05, 0) is 50.2 Å². The molecular formula is C22H23FN2O5. The molecule has 2 aromatic rings. The van der Waals surface area contributed by atoms with Crippen molar-refractivity contribution in [2.24, 2.45) is 5.92 Å². The number of hydrogen-bond donors (Lipinski definition) is 1. The number of carbonyl (C=O) groups is 3. The van der Waals surface area contributed by atoms with Gasteiger partial charge in [-0.3, -0.25) is 14.4 Å². The van der Waals surface area contributed by atoms with Crippen LogP contribution in [0.4, 0.5) is 15.8 Å². The molecular weight excluding hydrogens is 391 g/mol. The van der Waals surface area contributed by atoms with E-state index in [-0.39, 0.29) is 24.6 Å². The molecule has 7 nitrogen and oxygen atoms in total. The summed E-state index contributed by atoms with van der Waals surface area (Å²) in [6.07, 6.45) is -1.15. The van der Waals surface area contributed by atoms with Crippen LogP contribution in [0, 0.1) is 11.7 Å². The lowest BCUT2D eigenvalue weighted by molar-refractivity contribution is -0.157. The van der Waals surface area contributed by atoms with E-state index in [4.69, 9.17) is 9.47 Å². The zero-order valence-corrected chi connectivity index (χ0v) is 16.8. The number of amides is 2. The van der Waals surface area contributed by atoms with E-state index in [2.05, 4.69) is 5.32 Å². The zero-order valence-electron chi connectivity index (χ0n) is 16.8. The van der Waals surface area contributed by atoms with Crippen molar-refractivity contribution in [3.63, 3.8) is 0 Å². The van der Waals surface area contributed by atoms with Gasteiger partial charge in [0, 0.05) is 18.7 Å².